The molecule has 1 aliphatic carbocycles. The van der Waals surface area contributed by atoms with Gasteiger partial charge in [-0.15, -0.1) is 0 Å². The number of benzene rings is 2. The van der Waals surface area contributed by atoms with Crippen LogP contribution in [-0.4, -0.2) is 67.2 Å². The molecule has 1 fully saturated rings. The van der Waals surface area contributed by atoms with E-state index in [2.05, 4.69) is 32.7 Å². The van der Waals surface area contributed by atoms with Gasteiger partial charge >= 0.3 is 0 Å². The largest absolute Gasteiger partial charge is 0.495 e. The van der Waals surface area contributed by atoms with E-state index in [1.54, 1.807) is 7.11 Å². The second-order valence-corrected chi connectivity index (χ2v) is 10.4. The summed E-state index contributed by atoms with van der Waals surface area (Å²) in [6, 6.07) is 16.3. The standard InChI is InChI=1S/C28H29N5O3S/c1-33(2)12-11-29-26(34)21-16-30-22-10-9-17(13-20(22)25(21)36-3)14-24-27(35)32-28(37-24)31-23-15-19(23)18-7-5-4-6-8-18/h4-10,13-14,16,19,23H,11-12,15H2,1-3H3,(H,29,34)(H,31,32,35)/b24-14-/t19-,23+/m0/s1. The molecule has 2 amide bonds. The van der Waals surface area contributed by atoms with Gasteiger partial charge < -0.3 is 20.3 Å². The number of methoxy groups -OCH3 is 1. The predicted octanol–water partition coefficient (Wildman–Crippen LogP) is 3.65. The maximum absolute atomic E-state index is 12.8. The fourth-order valence-electron chi connectivity index (χ4n) is 4.35. The molecule has 3 aromatic rings. The van der Waals surface area contributed by atoms with Crippen LogP contribution in [0.15, 0.2) is 64.6 Å². The van der Waals surface area contributed by atoms with E-state index in [-0.39, 0.29) is 11.8 Å². The van der Waals surface area contributed by atoms with Crippen molar-refractivity contribution in [2.75, 3.05) is 34.3 Å². The first-order valence-corrected chi connectivity index (χ1v) is 13.0. The summed E-state index contributed by atoms with van der Waals surface area (Å²) in [5.74, 6) is 0.402. The number of thioether (sulfide) groups is 1. The summed E-state index contributed by atoms with van der Waals surface area (Å²) in [5.41, 5.74) is 3.18. The Balaban J connectivity index is 1.31. The lowest BCUT2D eigenvalue weighted by Crippen LogP contribution is -2.31. The average Bonchev–Trinajstić information content (AvgIpc) is 3.58. The van der Waals surface area contributed by atoms with E-state index in [1.807, 2.05) is 61.5 Å². The van der Waals surface area contributed by atoms with Crippen LogP contribution in [0.1, 0.15) is 33.8 Å². The summed E-state index contributed by atoms with van der Waals surface area (Å²) in [7, 11) is 5.44. The first-order chi connectivity index (χ1) is 17.9. The number of aliphatic imine (C=N–C) groups is 1. The van der Waals surface area contributed by atoms with Crippen molar-refractivity contribution in [2.24, 2.45) is 4.99 Å². The monoisotopic (exact) mass is 515 g/mol. The van der Waals surface area contributed by atoms with Crippen LogP contribution in [-0.2, 0) is 4.79 Å². The minimum Gasteiger partial charge on any atom is -0.495 e. The molecule has 9 heteroatoms. The Bertz CT molecular complexity index is 1400. The summed E-state index contributed by atoms with van der Waals surface area (Å²) in [6.45, 7) is 1.24. The molecule has 1 aromatic heterocycles. The molecule has 0 spiro atoms. The molecule has 2 atom stereocenters. The number of likely N-dealkylation sites (N-methyl/N-ethyl adjacent to an activating group) is 1. The van der Waals surface area contributed by atoms with Crippen molar-refractivity contribution in [1.82, 2.24) is 20.5 Å². The van der Waals surface area contributed by atoms with Gasteiger partial charge in [0.05, 0.1) is 17.5 Å². The number of carbonyl (C=O) groups excluding carboxylic acids is 2. The molecule has 0 saturated heterocycles. The molecular formula is C28H29N5O3S. The zero-order chi connectivity index (χ0) is 25.9. The third-order valence-electron chi connectivity index (χ3n) is 6.38. The number of hydrogen-bond donors (Lipinski definition) is 2. The summed E-state index contributed by atoms with van der Waals surface area (Å²) in [4.78, 5) is 36.6. The lowest BCUT2D eigenvalue weighted by molar-refractivity contribution is -0.113. The molecule has 37 heavy (non-hydrogen) atoms. The summed E-state index contributed by atoms with van der Waals surface area (Å²) in [6.07, 6.45) is 4.38. The van der Waals surface area contributed by atoms with Gasteiger partial charge in [0.15, 0.2) is 5.17 Å². The van der Waals surface area contributed by atoms with Crippen molar-refractivity contribution >= 4 is 45.7 Å². The highest BCUT2D eigenvalue weighted by atomic mass is 32.2. The van der Waals surface area contributed by atoms with Crippen molar-refractivity contribution in [2.45, 2.75) is 18.4 Å². The molecule has 8 nitrogen and oxygen atoms in total. The molecule has 1 aliphatic heterocycles. The highest BCUT2D eigenvalue weighted by Crippen LogP contribution is 2.42. The molecule has 5 rings (SSSR count). The zero-order valence-corrected chi connectivity index (χ0v) is 21.8. The number of hydrogen-bond acceptors (Lipinski definition) is 7. The molecule has 190 valence electrons. The van der Waals surface area contributed by atoms with Crippen LogP contribution in [0, 0.1) is 0 Å². The van der Waals surface area contributed by atoms with Crippen LogP contribution >= 0.6 is 11.8 Å². The van der Waals surface area contributed by atoms with Gasteiger partial charge in [-0.3, -0.25) is 14.6 Å². The normalized spacial score (nSPS) is 19.8. The van der Waals surface area contributed by atoms with E-state index in [4.69, 9.17) is 4.74 Å². The predicted molar refractivity (Wildman–Crippen MR) is 148 cm³/mol. The Morgan fingerprint density at radius 3 is 2.78 bits per heavy atom. The number of carbonyl (C=O) groups is 2. The van der Waals surface area contributed by atoms with E-state index in [0.29, 0.717) is 50.8 Å². The third kappa shape index (κ3) is 5.68. The highest BCUT2D eigenvalue weighted by molar-refractivity contribution is 8.18. The smallest absolute Gasteiger partial charge is 0.286 e. The van der Waals surface area contributed by atoms with Gasteiger partial charge in [0.2, 0.25) is 0 Å². The van der Waals surface area contributed by atoms with E-state index < -0.39 is 0 Å². The topological polar surface area (TPSA) is 95.9 Å². The maximum atomic E-state index is 12.8. The van der Waals surface area contributed by atoms with Gasteiger partial charge in [-0.05, 0) is 61.6 Å². The fourth-order valence-corrected chi connectivity index (χ4v) is 5.22. The van der Waals surface area contributed by atoms with Crippen molar-refractivity contribution in [1.29, 1.82) is 0 Å². The molecule has 1 saturated carbocycles. The Labute approximate surface area is 220 Å². The fraction of sp³-hybridized carbons (Fsp3) is 0.286. The SMILES string of the molecule is COc1c(C(=O)NCCN(C)C)cnc2ccc(/C=C3\SC(N[C@@H]4C[C@H]4c4ccccc4)=NC3=O)cc12. The van der Waals surface area contributed by atoms with E-state index >= 15 is 0 Å². The third-order valence-corrected chi connectivity index (χ3v) is 7.30. The maximum Gasteiger partial charge on any atom is 0.286 e. The highest BCUT2D eigenvalue weighted by Gasteiger charge is 2.40. The number of ether oxygens (including phenoxy) is 1. The number of amidine groups is 1. The Morgan fingerprint density at radius 1 is 1.22 bits per heavy atom. The van der Waals surface area contributed by atoms with Crippen molar-refractivity contribution in [3.05, 3.63) is 76.3 Å². The summed E-state index contributed by atoms with van der Waals surface area (Å²) < 4.78 is 5.63. The van der Waals surface area contributed by atoms with Gasteiger partial charge in [0.1, 0.15) is 11.3 Å². The lowest BCUT2D eigenvalue weighted by Gasteiger charge is -2.13. The van der Waals surface area contributed by atoms with Gasteiger partial charge in [0, 0.05) is 36.6 Å². The molecular weight excluding hydrogens is 486 g/mol. The molecule has 2 aromatic carbocycles. The van der Waals surface area contributed by atoms with Crippen molar-refractivity contribution < 1.29 is 14.3 Å². The van der Waals surface area contributed by atoms with Crippen LogP contribution in [0.3, 0.4) is 0 Å². The average molecular weight is 516 g/mol. The van der Waals surface area contributed by atoms with Gasteiger partial charge in [-0.1, -0.05) is 36.4 Å². The van der Waals surface area contributed by atoms with Crippen molar-refractivity contribution in [3.8, 4) is 5.75 Å². The van der Waals surface area contributed by atoms with Crippen LogP contribution in [0.25, 0.3) is 17.0 Å². The van der Waals surface area contributed by atoms with E-state index in [9.17, 15) is 9.59 Å². The van der Waals surface area contributed by atoms with Gasteiger partial charge in [-0.2, -0.15) is 4.99 Å². The summed E-state index contributed by atoms with van der Waals surface area (Å²) >= 11 is 1.35. The van der Waals surface area contributed by atoms with Gasteiger partial charge in [0.25, 0.3) is 11.8 Å². The first kappa shape index (κ1) is 25.0. The lowest BCUT2D eigenvalue weighted by atomic mass is 10.1. The molecule has 0 bridgehead atoms. The number of fused-ring (bicyclic) bond motifs is 1. The number of nitrogens with one attached hydrogen (secondary N) is 2. The number of rotatable bonds is 8. The van der Waals surface area contributed by atoms with E-state index in [1.165, 1.54) is 23.5 Å². The van der Waals surface area contributed by atoms with Crippen LogP contribution in [0.4, 0.5) is 0 Å². The number of aromatic nitrogens is 1. The molecule has 2 heterocycles. The van der Waals surface area contributed by atoms with E-state index in [0.717, 1.165) is 18.5 Å². The quantitative estimate of drug-likeness (QED) is 0.442. The van der Waals surface area contributed by atoms with Crippen LogP contribution in [0.2, 0.25) is 0 Å². The summed E-state index contributed by atoms with van der Waals surface area (Å²) in [5, 5.41) is 7.66. The molecule has 2 aliphatic rings. The first-order valence-electron chi connectivity index (χ1n) is 12.2. The number of nitrogens with zero attached hydrogens (tertiary/aromatic N) is 3. The van der Waals surface area contributed by atoms with Crippen LogP contribution in [0.5, 0.6) is 5.75 Å². The Kier molecular flexibility index (Phi) is 7.25. The molecule has 0 unspecified atom stereocenters. The minimum absolute atomic E-state index is 0.239. The molecule has 2 N–H and O–H groups in total. The number of pyridine rings is 1. The Morgan fingerprint density at radius 2 is 2.03 bits per heavy atom. The van der Waals surface area contributed by atoms with Crippen LogP contribution < -0.4 is 15.4 Å². The Hall–Kier alpha value is -3.69. The number of amides is 2. The minimum atomic E-state index is -0.261. The second-order valence-electron chi connectivity index (χ2n) is 9.38. The zero-order valence-electron chi connectivity index (χ0n) is 21.0. The second kappa shape index (κ2) is 10.7. The molecule has 0 radical (unpaired) electrons. The van der Waals surface area contributed by atoms with Gasteiger partial charge in [-0.25, -0.2) is 0 Å². The van der Waals surface area contributed by atoms with Crippen molar-refractivity contribution in [3.63, 3.8) is 0 Å².